The van der Waals surface area contributed by atoms with Gasteiger partial charge in [0.25, 0.3) is 5.92 Å². The molecule has 0 N–H and O–H groups in total. The number of aryl methyl sites for hydroxylation is 1. The second-order valence-corrected chi connectivity index (χ2v) is 6.76. The molecule has 0 bridgehead atoms. The van der Waals surface area contributed by atoms with Crippen molar-refractivity contribution in [3.63, 3.8) is 0 Å². The third kappa shape index (κ3) is 3.93. The fourth-order valence-electron chi connectivity index (χ4n) is 2.68. The molecule has 1 aromatic heterocycles. The average molecular weight is 338 g/mol. The van der Waals surface area contributed by atoms with Gasteiger partial charge in [-0.25, -0.2) is 13.8 Å². The lowest BCUT2D eigenvalue weighted by molar-refractivity contribution is -0.0568. The molecule has 124 valence electrons. The number of piperidine rings is 1. The standard InChI is InChI=1S/C17H20F2N2OS/c1-12-15(11-21-9-7-17(18,19)8-10-21)20-16(22-12)13-3-5-14(23-2)6-4-13/h3-6H,7-11H2,1-2H3. The summed E-state index contributed by atoms with van der Waals surface area (Å²) in [4.78, 5) is 7.77. The van der Waals surface area contributed by atoms with Crippen LogP contribution < -0.4 is 0 Å². The summed E-state index contributed by atoms with van der Waals surface area (Å²) in [5.74, 6) is -1.17. The predicted octanol–water partition coefficient (Wildman–Crippen LogP) is 4.60. The molecule has 0 saturated carbocycles. The molecule has 3 nitrogen and oxygen atoms in total. The average Bonchev–Trinajstić information content (AvgIpc) is 2.90. The van der Waals surface area contributed by atoms with Crippen LogP contribution in [0.5, 0.6) is 0 Å². The van der Waals surface area contributed by atoms with Crippen molar-refractivity contribution in [2.75, 3.05) is 19.3 Å². The van der Waals surface area contributed by atoms with Gasteiger partial charge in [-0.15, -0.1) is 11.8 Å². The van der Waals surface area contributed by atoms with Gasteiger partial charge in [0.05, 0.1) is 5.69 Å². The topological polar surface area (TPSA) is 29.3 Å². The highest BCUT2D eigenvalue weighted by molar-refractivity contribution is 7.98. The molecule has 6 heteroatoms. The lowest BCUT2D eigenvalue weighted by Crippen LogP contribution is -2.39. The molecule has 3 rings (SSSR count). The van der Waals surface area contributed by atoms with Crippen LogP contribution in [0.3, 0.4) is 0 Å². The second kappa shape index (κ2) is 6.61. The van der Waals surface area contributed by atoms with Crippen LogP contribution in [0.15, 0.2) is 33.6 Å². The molecule has 2 aromatic rings. The summed E-state index contributed by atoms with van der Waals surface area (Å²) >= 11 is 1.69. The van der Waals surface area contributed by atoms with Crippen LogP contribution in [-0.4, -0.2) is 35.2 Å². The first-order valence-corrected chi connectivity index (χ1v) is 8.90. The van der Waals surface area contributed by atoms with E-state index < -0.39 is 5.92 Å². The zero-order valence-corrected chi connectivity index (χ0v) is 14.1. The van der Waals surface area contributed by atoms with Gasteiger partial charge >= 0.3 is 0 Å². The summed E-state index contributed by atoms with van der Waals surface area (Å²) in [6.45, 7) is 3.24. The van der Waals surface area contributed by atoms with Crippen LogP contribution in [0.2, 0.25) is 0 Å². The molecule has 0 amide bonds. The summed E-state index contributed by atoms with van der Waals surface area (Å²) in [5, 5.41) is 0. The number of thioether (sulfide) groups is 1. The summed E-state index contributed by atoms with van der Waals surface area (Å²) in [6, 6.07) is 8.04. The molecule has 0 spiro atoms. The molecule has 1 fully saturated rings. The minimum atomic E-state index is -2.51. The SMILES string of the molecule is CSc1ccc(-c2nc(CN3CCC(F)(F)CC3)c(C)o2)cc1. The lowest BCUT2D eigenvalue weighted by Gasteiger charge is -2.31. The maximum absolute atomic E-state index is 13.2. The highest BCUT2D eigenvalue weighted by Gasteiger charge is 2.34. The molecule has 1 saturated heterocycles. The van der Waals surface area contributed by atoms with E-state index in [0.717, 1.165) is 17.0 Å². The normalized spacial score (nSPS) is 18.3. The zero-order valence-electron chi connectivity index (χ0n) is 13.3. The summed E-state index contributed by atoms with van der Waals surface area (Å²) in [7, 11) is 0. The largest absolute Gasteiger partial charge is 0.441 e. The van der Waals surface area contributed by atoms with Crippen LogP contribution >= 0.6 is 11.8 Å². The van der Waals surface area contributed by atoms with E-state index in [9.17, 15) is 8.78 Å². The predicted molar refractivity (Wildman–Crippen MR) is 87.9 cm³/mol. The number of aromatic nitrogens is 1. The maximum Gasteiger partial charge on any atom is 0.250 e. The van der Waals surface area contributed by atoms with Crippen molar-refractivity contribution < 1.29 is 13.2 Å². The van der Waals surface area contributed by atoms with Crippen molar-refractivity contribution in [2.45, 2.75) is 37.1 Å². The molecule has 1 aromatic carbocycles. The van der Waals surface area contributed by atoms with Gasteiger partial charge in [0.15, 0.2) is 0 Å². The number of halogens is 2. The molecule has 0 aliphatic carbocycles. The number of hydrogen-bond acceptors (Lipinski definition) is 4. The molecular formula is C17H20F2N2OS. The van der Waals surface area contributed by atoms with E-state index in [1.54, 1.807) is 11.8 Å². The van der Waals surface area contributed by atoms with Crippen molar-refractivity contribution in [3.05, 3.63) is 35.7 Å². The quantitative estimate of drug-likeness (QED) is 0.762. The lowest BCUT2D eigenvalue weighted by atomic mass is 10.1. The molecule has 1 aliphatic rings. The Bertz CT molecular complexity index is 660. The minimum Gasteiger partial charge on any atom is -0.441 e. The van der Waals surface area contributed by atoms with Gasteiger partial charge in [0, 0.05) is 42.9 Å². The summed E-state index contributed by atoms with van der Waals surface area (Å²) in [6.07, 6.45) is 1.88. The summed E-state index contributed by atoms with van der Waals surface area (Å²) in [5.41, 5.74) is 1.77. The van der Waals surface area contributed by atoms with Gasteiger partial charge in [-0.1, -0.05) is 0 Å². The van der Waals surface area contributed by atoms with Gasteiger partial charge in [0.2, 0.25) is 5.89 Å². The van der Waals surface area contributed by atoms with E-state index in [-0.39, 0.29) is 12.8 Å². The Morgan fingerprint density at radius 1 is 1.22 bits per heavy atom. The number of likely N-dealkylation sites (tertiary alicyclic amines) is 1. The van der Waals surface area contributed by atoms with Gasteiger partial charge in [0.1, 0.15) is 5.76 Å². The monoisotopic (exact) mass is 338 g/mol. The van der Waals surface area contributed by atoms with E-state index >= 15 is 0 Å². The highest BCUT2D eigenvalue weighted by atomic mass is 32.2. The second-order valence-electron chi connectivity index (χ2n) is 5.88. The molecule has 0 radical (unpaired) electrons. The van der Waals surface area contributed by atoms with E-state index in [0.29, 0.717) is 25.5 Å². The number of alkyl halides is 2. The van der Waals surface area contributed by atoms with E-state index in [4.69, 9.17) is 4.42 Å². The van der Waals surface area contributed by atoms with Crippen LogP contribution in [0.4, 0.5) is 8.78 Å². The molecule has 2 heterocycles. The summed E-state index contributed by atoms with van der Waals surface area (Å²) < 4.78 is 32.2. The van der Waals surface area contributed by atoms with E-state index in [1.807, 2.05) is 42.3 Å². The number of benzene rings is 1. The van der Waals surface area contributed by atoms with Gasteiger partial charge < -0.3 is 4.42 Å². The van der Waals surface area contributed by atoms with Crippen molar-refractivity contribution in [1.29, 1.82) is 0 Å². The van der Waals surface area contributed by atoms with Crippen molar-refractivity contribution in [3.8, 4) is 11.5 Å². The van der Waals surface area contributed by atoms with Crippen molar-refractivity contribution >= 4 is 11.8 Å². The molecule has 0 atom stereocenters. The van der Waals surface area contributed by atoms with Crippen LogP contribution in [0.25, 0.3) is 11.5 Å². The van der Waals surface area contributed by atoms with Crippen molar-refractivity contribution in [2.24, 2.45) is 0 Å². The maximum atomic E-state index is 13.2. The van der Waals surface area contributed by atoms with Crippen LogP contribution in [-0.2, 0) is 6.54 Å². The fourth-order valence-corrected chi connectivity index (χ4v) is 3.09. The molecule has 0 unspecified atom stereocenters. The van der Waals surface area contributed by atoms with Gasteiger partial charge in [-0.05, 0) is 37.4 Å². The minimum absolute atomic E-state index is 0.0765. The molecule has 23 heavy (non-hydrogen) atoms. The first-order chi connectivity index (χ1) is 11.0. The smallest absolute Gasteiger partial charge is 0.250 e. The number of hydrogen-bond donors (Lipinski definition) is 0. The third-order valence-electron chi connectivity index (χ3n) is 4.19. The Hall–Kier alpha value is -1.40. The Labute approximate surface area is 139 Å². The highest BCUT2D eigenvalue weighted by Crippen LogP contribution is 2.29. The Morgan fingerprint density at radius 3 is 2.48 bits per heavy atom. The number of nitrogens with zero attached hydrogens (tertiary/aromatic N) is 2. The van der Waals surface area contributed by atoms with Gasteiger partial charge in [-0.2, -0.15) is 0 Å². The van der Waals surface area contributed by atoms with Crippen LogP contribution in [0, 0.1) is 6.92 Å². The third-order valence-corrected chi connectivity index (χ3v) is 4.93. The van der Waals surface area contributed by atoms with E-state index in [1.165, 1.54) is 4.90 Å². The molecule has 1 aliphatic heterocycles. The first kappa shape index (κ1) is 16.5. The van der Waals surface area contributed by atoms with Crippen molar-refractivity contribution in [1.82, 2.24) is 9.88 Å². The Morgan fingerprint density at radius 2 is 1.87 bits per heavy atom. The number of oxazole rings is 1. The Balaban J connectivity index is 1.71. The van der Waals surface area contributed by atoms with E-state index in [2.05, 4.69) is 4.98 Å². The number of rotatable bonds is 4. The fraction of sp³-hybridized carbons (Fsp3) is 0.471. The first-order valence-electron chi connectivity index (χ1n) is 7.68. The van der Waals surface area contributed by atoms with Gasteiger partial charge in [-0.3, -0.25) is 4.90 Å². The Kier molecular flexibility index (Phi) is 4.73. The zero-order chi connectivity index (χ0) is 16.4. The molecular weight excluding hydrogens is 318 g/mol. The van der Waals surface area contributed by atoms with Crippen LogP contribution in [0.1, 0.15) is 24.3 Å².